The first-order valence-corrected chi connectivity index (χ1v) is 9.06. The summed E-state index contributed by atoms with van der Waals surface area (Å²) >= 11 is 0. The van der Waals surface area contributed by atoms with Crippen molar-refractivity contribution in [3.05, 3.63) is 48.3 Å². The van der Waals surface area contributed by atoms with Gasteiger partial charge < -0.3 is 9.64 Å². The third-order valence-electron chi connectivity index (χ3n) is 5.21. The van der Waals surface area contributed by atoms with Gasteiger partial charge in [0, 0.05) is 43.1 Å². The summed E-state index contributed by atoms with van der Waals surface area (Å²) in [6, 6.07) is 12.1. The molecule has 3 heterocycles. The van der Waals surface area contributed by atoms with E-state index in [2.05, 4.69) is 4.98 Å². The van der Waals surface area contributed by atoms with Crippen LogP contribution in [0, 0.1) is 5.92 Å². The molecule has 2 saturated heterocycles. The van der Waals surface area contributed by atoms with Gasteiger partial charge in [-0.3, -0.25) is 4.79 Å². The lowest BCUT2D eigenvalue weighted by Crippen LogP contribution is -2.41. The van der Waals surface area contributed by atoms with Crippen molar-refractivity contribution in [2.75, 3.05) is 26.3 Å². The lowest BCUT2D eigenvalue weighted by atomic mass is 9.92. The minimum absolute atomic E-state index is 0.0697. The number of nitrogens with zero attached hydrogens (tertiary/aromatic N) is 3. The second kappa shape index (κ2) is 7.31. The first-order chi connectivity index (χ1) is 12.3. The second-order valence-electron chi connectivity index (χ2n) is 6.83. The van der Waals surface area contributed by atoms with Crippen LogP contribution in [0.3, 0.4) is 0 Å². The van der Waals surface area contributed by atoms with Gasteiger partial charge in [-0.2, -0.15) is 0 Å². The summed E-state index contributed by atoms with van der Waals surface area (Å²) in [4.78, 5) is 23.7. The molecule has 0 N–H and O–H groups in total. The highest BCUT2D eigenvalue weighted by atomic mass is 16.5. The van der Waals surface area contributed by atoms with E-state index < -0.39 is 0 Å². The predicted molar refractivity (Wildman–Crippen MR) is 94.9 cm³/mol. The number of piperidine rings is 1. The van der Waals surface area contributed by atoms with Crippen molar-refractivity contribution < 1.29 is 9.53 Å². The zero-order chi connectivity index (χ0) is 17.1. The maximum atomic E-state index is 12.5. The molecule has 130 valence electrons. The van der Waals surface area contributed by atoms with Gasteiger partial charge in [-0.25, -0.2) is 9.97 Å². The molecule has 25 heavy (non-hydrogen) atoms. The van der Waals surface area contributed by atoms with E-state index >= 15 is 0 Å². The van der Waals surface area contributed by atoms with Crippen LogP contribution in [-0.4, -0.2) is 47.1 Å². The molecule has 5 nitrogen and oxygen atoms in total. The number of aromatic nitrogens is 2. The molecule has 4 rings (SSSR count). The second-order valence-corrected chi connectivity index (χ2v) is 6.83. The summed E-state index contributed by atoms with van der Waals surface area (Å²) in [5, 5.41) is 0. The number of likely N-dealkylation sites (tertiary alicyclic amines) is 1. The molecule has 0 aliphatic carbocycles. The zero-order valence-corrected chi connectivity index (χ0v) is 14.3. The summed E-state index contributed by atoms with van der Waals surface area (Å²) in [7, 11) is 0. The van der Waals surface area contributed by atoms with E-state index in [1.165, 1.54) is 0 Å². The Balaban J connectivity index is 1.42. The number of ether oxygens (including phenoxy) is 1. The van der Waals surface area contributed by atoms with Gasteiger partial charge in [0.15, 0.2) is 5.82 Å². The number of rotatable bonds is 3. The molecule has 1 aromatic carbocycles. The Hall–Kier alpha value is -2.27. The molecule has 2 fully saturated rings. The summed E-state index contributed by atoms with van der Waals surface area (Å²) < 4.78 is 5.35. The third-order valence-corrected chi connectivity index (χ3v) is 5.21. The fraction of sp³-hybridized carbons (Fsp3) is 0.450. The average molecular weight is 337 g/mol. The van der Waals surface area contributed by atoms with Crippen LogP contribution in [0.5, 0.6) is 0 Å². The van der Waals surface area contributed by atoms with Gasteiger partial charge in [-0.1, -0.05) is 30.3 Å². The van der Waals surface area contributed by atoms with Crippen LogP contribution >= 0.6 is 0 Å². The summed E-state index contributed by atoms with van der Waals surface area (Å²) in [5.74, 6) is 1.51. The van der Waals surface area contributed by atoms with Gasteiger partial charge in [0.2, 0.25) is 5.91 Å². The van der Waals surface area contributed by atoms with Crippen molar-refractivity contribution in [2.45, 2.75) is 25.2 Å². The van der Waals surface area contributed by atoms with Crippen LogP contribution < -0.4 is 0 Å². The molecule has 1 amide bonds. The van der Waals surface area contributed by atoms with Gasteiger partial charge in [0.1, 0.15) is 0 Å². The third kappa shape index (κ3) is 3.56. The van der Waals surface area contributed by atoms with E-state index in [0.717, 1.165) is 56.0 Å². The Morgan fingerprint density at radius 3 is 2.60 bits per heavy atom. The van der Waals surface area contributed by atoms with E-state index in [1.807, 2.05) is 47.5 Å². The first kappa shape index (κ1) is 16.2. The monoisotopic (exact) mass is 337 g/mol. The highest BCUT2D eigenvalue weighted by molar-refractivity contribution is 5.79. The Labute approximate surface area is 148 Å². The van der Waals surface area contributed by atoms with Crippen molar-refractivity contribution in [3.8, 4) is 11.4 Å². The van der Waals surface area contributed by atoms with Crippen molar-refractivity contribution in [1.82, 2.24) is 14.9 Å². The minimum atomic E-state index is 0.0697. The standard InChI is InChI=1S/C20H23N3O2/c24-20(17-9-13-25-14-17)23-11-7-15(8-12-23)18-6-10-21-19(22-18)16-4-2-1-3-5-16/h1-6,10,15,17H,7-9,11-14H2. The van der Waals surface area contributed by atoms with Crippen molar-refractivity contribution in [2.24, 2.45) is 5.92 Å². The van der Waals surface area contributed by atoms with Crippen LogP contribution in [-0.2, 0) is 9.53 Å². The number of carbonyl (C=O) groups is 1. The van der Waals surface area contributed by atoms with E-state index in [1.54, 1.807) is 0 Å². The Morgan fingerprint density at radius 2 is 1.88 bits per heavy atom. The maximum absolute atomic E-state index is 12.5. The van der Waals surface area contributed by atoms with Crippen LogP contribution in [0.25, 0.3) is 11.4 Å². The number of benzene rings is 1. The Kier molecular flexibility index (Phi) is 4.74. The summed E-state index contributed by atoms with van der Waals surface area (Å²) in [6.07, 6.45) is 4.64. The fourth-order valence-corrected chi connectivity index (χ4v) is 3.71. The quantitative estimate of drug-likeness (QED) is 0.864. The number of amides is 1. The van der Waals surface area contributed by atoms with E-state index in [4.69, 9.17) is 9.72 Å². The van der Waals surface area contributed by atoms with E-state index in [0.29, 0.717) is 12.5 Å². The number of carbonyl (C=O) groups excluding carboxylic acids is 1. The van der Waals surface area contributed by atoms with Gasteiger partial charge in [-0.05, 0) is 25.3 Å². The Morgan fingerprint density at radius 1 is 1.08 bits per heavy atom. The Bertz CT molecular complexity index is 721. The molecule has 1 unspecified atom stereocenters. The lowest BCUT2D eigenvalue weighted by molar-refractivity contribution is -0.136. The highest BCUT2D eigenvalue weighted by Gasteiger charge is 2.31. The van der Waals surface area contributed by atoms with Crippen molar-refractivity contribution in [1.29, 1.82) is 0 Å². The molecular formula is C20H23N3O2. The molecule has 0 saturated carbocycles. The average Bonchev–Trinajstić information content (AvgIpc) is 3.23. The zero-order valence-electron chi connectivity index (χ0n) is 14.3. The minimum Gasteiger partial charge on any atom is -0.381 e. The van der Waals surface area contributed by atoms with Gasteiger partial charge in [0.05, 0.1) is 12.5 Å². The molecule has 1 aromatic heterocycles. The van der Waals surface area contributed by atoms with Gasteiger partial charge in [-0.15, -0.1) is 0 Å². The topological polar surface area (TPSA) is 55.3 Å². The first-order valence-electron chi connectivity index (χ1n) is 9.06. The largest absolute Gasteiger partial charge is 0.381 e. The molecule has 0 radical (unpaired) electrons. The molecule has 2 aliphatic rings. The fourth-order valence-electron chi connectivity index (χ4n) is 3.71. The number of hydrogen-bond donors (Lipinski definition) is 0. The van der Waals surface area contributed by atoms with E-state index in [-0.39, 0.29) is 11.8 Å². The summed E-state index contributed by atoms with van der Waals surface area (Å²) in [5.41, 5.74) is 2.13. The van der Waals surface area contributed by atoms with Crippen molar-refractivity contribution in [3.63, 3.8) is 0 Å². The SMILES string of the molecule is O=C(C1CCOC1)N1CCC(c2ccnc(-c3ccccc3)n2)CC1. The van der Waals surface area contributed by atoms with Crippen LogP contribution in [0.4, 0.5) is 0 Å². The van der Waals surface area contributed by atoms with Crippen molar-refractivity contribution >= 4 is 5.91 Å². The summed E-state index contributed by atoms with van der Waals surface area (Å²) in [6.45, 7) is 2.93. The molecule has 0 bridgehead atoms. The normalized spacial score (nSPS) is 21.4. The smallest absolute Gasteiger partial charge is 0.228 e. The lowest BCUT2D eigenvalue weighted by Gasteiger charge is -2.33. The molecule has 2 aromatic rings. The van der Waals surface area contributed by atoms with Crippen LogP contribution in [0.15, 0.2) is 42.6 Å². The van der Waals surface area contributed by atoms with Gasteiger partial charge >= 0.3 is 0 Å². The van der Waals surface area contributed by atoms with E-state index in [9.17, 15) is 4.79 Å². The molecule has 2 aliphatic heterocycles. The van der Waals surface area contributed by atoms with Crippen LogP contribution in [0.1, 0.15) is 30.9 Å². The molecule has 1 atom stereocenters. The van der Waals surface area contributed by atoms with Gasteiger partial charge in [0.25, 0.3) is 0 Å². The van der Waals surface area contributed by atoms with Crippen LogP contribution in [0.2, 0.25) is 0 Å². The molecule has 5 heteroatoms. The molecular weight excluding hydrogens is 314 g/mol. The number of hydrogen-bond acceptors (Lipinski definition) is 4. The predicted octanol–water partition coefficient (Wildman–Crippen LogP) is 2.89. The molecule has 0 spiro atoms. The maximum Gasteiger partial charge on any atom is 0.228 e. The highest BCUT2D eigenvalue weighted by Crippen LogP contribution is 2.29.